The Morgan fingerprint density at radius 2 is 1.92 bits per heavy atom. The lowest BCUT2D eigenvalue weighted by atomic mass is 10.2. The van der Waals surface area contributed by atoms with Crippen molar-refractivity contribution in [1.82, 2.24) is 0 Å². The van der Waals surface area contributed by atoms with Gasteiger partial charge in [-0.2, -0.15) is 0 Å². The molecule has 0 aliphatic carbocycles. The van der Waals surface area contributed by atoms with Crippen LogP contribution in [-0.2, 0) is 4.74 Å². The van der Waals surface area contributed by atoms with Gasteiger partial charge in [-0.1, -0.05) is 33.6 Å². The molecule has 0 amide bonds. The molecular formula is C17H16BrClO5. The van der Waals surface area contributed by atoms with Gasteiger partial charge in [0.15, 0.2) is 11.5 Å². The van der Waals surface area contributed by atoms with E-state index in [4.69, 9.17) is 30.5 Å². The second-order valence-corrected chi connectivity index (χ2v) is 5.96. The first-order valence-electron chi connectivity index (χ1n) is 7.02. The number of carbonyl (C=O) groups excluding carboxylic acids is 1. The van der Waals surface area contributed by atoms with Crippen LogP contribution in [0.4, 0.5) is 0 Å². The molecule has 0 bridgehead atoms. The molecule has 0 unspecified atom stereocenters. The van der Waals surface area contributed by atoms with Gasteiger partial charge >= 0.3 is 5.97 Å². The average molecular weight is 416 g/mol. The smallest absolute Gasteiger partial charge is 0.338 e. The monoisotopic (exact) mass is 414 g/mol. The lowest BCUT2D eigenvalue weighted by Gasteiger charge is -2.12. The first-order chi connectivity index (χ1) is 11.5. The van der Waals surface area contributed by atoms with Crippen LogP contribution in [0.15, 0.2) is 40.9 Å². The number of rotatable bonds is 7. The van der Waals surface area contributed by atoms with Crippen molar-refractivity contribution < 1.29 is 23.7 Å². The topological polar surface area (TPSA) is 54.0 Å². The summed E-state index contributed by atoms with van der Waals surface area (Å²) in [5, 5.41) is 0.272. The van der Waals surface area contributed by atoms with Gasteiger partial charge in [-0.15, -0.1) is 0 Å². The molecule has 0 radical (unpaired) electrons. The van der Waals surface area contributed by atoms with E-state index in [1.165, 1.54) is 26.4 Å². The Morgan fingerprint density at radius 1 is 1.12 bits per heavy atom. The zero-order valence-corrected chi connectivity index (χ0v) is 15.5. The minimum Gasteiger partial charge on any atom is -0.493 e. The standard InChI is InChI=1S/C17H16BrClO5/c1-21-15-9-11(8-14(19)16(15)22-2)17(20)24-7-6-23-13-5-3-4-12(18)10-13/h3-5,8-10H,6-7H2,1-2H3. The lowest BCUT2D eigenvalue weighted by molar-refractivity contribution is 0.0450. The number of esters is 1. The van der Waals surface area contributed by atoms with E-state index in [-0.39, 0.29) is 23.8 Å². The van der Waals surface area contributed by atoms with Crippen molar-refractivity contribution in [3.8, 4) is 17.2 Å². The molecule has 5 nitrogen and oxygen atoms in total. The molecule has 0 saturated heterocycles. The Morgan fingerprint density at radius 3 is 2.58 bits per heavy atom. The van der Waals surface area contributed by atoms with Gasteiger partial charge in [0.25, 0.3) is 0 Å². The third kappa shape index (κ3) is 4.79. The summed E-state index contributed by atoms with van der Waals surface area (Å²) < 4.78 is 21.9. The Balaban J connectivity index is 1.92. The summed E-state index contributed by atoms with van der Waals surface area (Å²) in [6, 6.07) is 10.4. The molecule has 2 aromatic rings. The highest BCUT2D eigenvalue weighted by molar-refractivity contribution is 9.10. The Kier molecular flexibility index (Phi) is 6.75. The fourth-order valence-electron chi connectivity index (χ4n) is 1.97. The van der Waals surface area contributed by atoms with Crippen molar-refractivity contribution in [1.29, 1.82) is 0 Å². The van der Waals surface area contributed by atoms with Gasteiger partial charge in [0.1, 0.15) is 19.0 Å². The van der Waals surface area contributed by atoms with Crippen LogP contribution in [0, 0.1) is 0 Å². The third-order valence-electron chi connectivity index (χ3n) is 3.05. The minimum absolute atomic E-state index is 0.108. The fourth-order valence-corrected chi connectivity index (χ4v) is 2.64. The van der Waals surface area contributed by atoms with Crippen LogP contribution < -0.4 is 14.2 Å². The molecule has 0 N–H and O–H groups in total. The van der Waals surface area contributed by atoms with E-state index in [0.29, 0.717) is 17.2 Å². The predicted molar refractivity (Wildman–Crippen MR) is 94.5 cm³/mol. The summed E-state index contributed by atoms with van der Waals surface area (Å²) in [5.41, 5.74) is 0.278. The van der Waals surface area contributed by atoms with E-state index >= 15 is 0 Å². The quantitative estimate of drug-likeness (QED) is 0.497. The van der Waals surface area contributed by atoms with Crippen molar-refractivity contribution in [3.63, 3.8) is 0 Å². The number of methoxy groups -OCH3 is 2. The Labute approximate surface area is 153 Å². The Hall–Kier alpha value is -1.92. The molecule has 0 heterocycles. The molecule has 24 heavy (non-hydrogen) atoms. The molecule has 0 saturated carbocycles. The number of ether oxygens (including phenoxy) is 4. The van der Waals surface area contributed by atoms with E-state index in [1.807, 2.05) is 24.3 Å². The van der Waals surface area contributed by atoms with Crippen LogP contribution in [0.5, 0.6) is 17.2 Å². The summed E-state index contributed by atoms with van der Waals surface area (Å²) in [7, 11) is 2.94. The van der Waals surface area contributed by atoms with E-state index < -0.39 is 5.97 Å². The molecule has 2 rings (SSSR count). The first kappa shape index (κ1) is 18.4. The van der Waals surface area contributed by atoms with Gasteiger partial charge in [0.2, 0.25) is 0 Å². The van der Waals surface area contributed by atoms with Gasteiger partial charge in [-0.3, -0.25) is 0 Å². The fraction of sp³-hybridized carbons (Fsp3) is 0.235. The normalized spacial score (nSPS) is 10.2. The molecular weight excluding hydrogens is 400 g/mol. The molecule has 0 atom stereocenters. The number of hydrogen-bond donors (Lipinski definition) is 0. The van der Waals surface area contributed by atoms with Crippen LogP contribution in [0.25, 0.3) is 0 Å². The van der Waals surface area contributed by atoms with Gasteiger partial charge in [0.05, 0.1) is 24.8 Å². The molecule has 0 fully saturated rings. The molecule has 0 aliphatic heterocycles. The van der Waals surface area contributed by atoms with Crippen molar-refractivity contribution in [2.75, 3.05) is 27.4 Å². The van der Waals surface area contributed by atoms with Crippen LogP contribution in [-0.4, -0.2) is 33.4 Å². The molecule has 0 aliphatic rings. The molecule has 0 spiro atoms. The Bertz CT molecular complexity index is 720. The van der Waals surface area contributed by atoms with E-state index in [0.717, 1.165) is 4.47 Å². The highest BCUT2D eigenvalue weighted by Crippen LogP contribution is 2.36. The zero-order valence-electron chi connectivity index (χ0n) is 13.2. The van der Waals surface area contributed by atoms with Crippen LogP contribution in [0.3, 0.4) is 0 Å². The maximum absolute atomic E-state index is 12.1. The molecule has 0 aromatic heterocycles. The van der Waals surface area contributed by atoms with Crippen LogP contribution in [0.2, 0.25) is 5.02 Å². The molecule has 2 aromatic carbocycles. The first-order valence-corrected chi connectivity index (χ1v) is 8.19. The predicted octanol–water partition coefficient (Wildman–Crippen LogP) is 4.36. The zero-order chi connectivity index (χ0) is 17.5. The minimum atomic E-state index is -0.518. The van der Waals surface area contributed by atoms with Crippen molar-refractivity contribution >= 4 is 33.5 Å². The summed E-state index contributed by atoms with van der Waals surface area (Å²) >= 11 is 9.43. The van der Waals surface area contributed by atoms with E-state index in [1.54, 1.807) is 0 Å². The van der Waals surface area contributed by atoms with E-state index in [9.17, 15) is 4.79 Å². The van der Waals surface area contributed by atoms with Gasteiger partial charge in [0, 0.05) is 4.47 Å². The number of halogens is 2. The largest absolute Gasteiger partial charge is 0.493 e. The second kappa shape index (κ2) is 8.80. The lowest BCUT2D eigenvalue weighted by Crippen LogP contribution is -2.12. The van der Waals surface area contributed by atoms with Crippen LogP contribution >= 0.6 is 27.5 Å². The summed E-state index contributed by atoms with van der Waals surface area (Å²) in [5.74, 6) is 0.904. The molecule has 7 heteroatoms. The maximum Gasteiger partial charge on any atom is 0.338 e. The average Bonchev–Trinajstić information content (AvgIpc) is 2.57. The number of benzene rings is 2. The van der Waals surface area contributed by atoms with Crippen LogP contribution in [0.1, 0.15) is 10.4 Å². The van der Waals surface area contributed by atoms with Crippen molar-refractivity contribution in [2.24, 2.45) is 0 Å². The summed E-state index contributed by atoms with van der Waals surface area (Å²) in [6.07, 6.45) is 0. The van der Waals surface area contributed by atoms with Gasteiger partial charge in [-0.25, -0.2) is 4.79 Å². The summed E-state index contributed by atoms with van der Waals surface area (Å²) in [6.45, 7) is 0.348. The maximum atomic E-state index is 12.1. The number of hydrogen-bond acceptors (Lipinski definition) is 5. The SMILES string of the molecule is COc1cc(C(=O)OCCOc2cccc(Br)c2)cc(Cl)c1OC. The summed E-state index contributed by atoms with van der Waals surface area (Å²) in [4.78, 5) is 12.1. The highest BCUT2D eigenvalue weighted by atomic mass is 79.9. The molecule has 128 valence electrons. The number of carbonyl (C=O) groups is 1. The van der Waals surface area contributed by atoms with Gasteiger partial charge < -0.3 is 18.9 Å². The van der Waals surface area contributed by atoms with E-state index in [2.05, 4.69) is 15.9 Å². The van der Waals surface area contributed by atoms with Gasteiger partial charge in [-0.05, 0) is 30.3 Å². The second-order valence-electron chi connectivity index (χ2n) is 4.64. The van der Waals surface area contributed by atoms with Crippen molar-refractivity contribution in [3.05, 3.63) is 51.5 Å². The third-order valence-corrected chi connectivity index (χ3v) is 3.82. The highest BCUT2D eigenvalue weighted by Gasteiger charge is 2.16. The van der Waals surface area contributed by atoms with Crippen molar-refractivity contribution in [2.45, 2.75) is 0 Å².